The van der Waals surface area contributed by atoms with Gasteiger partial charge in [0.1, 0.15) is 0 Å². The number of nitrogens with one attached hydrogen (secondary N) is 2. The zero-order valence-electron chi connectivity index (χ0n) is 17.7. The molecular formula is C24H31N5O. The van der Waals surface area contributed by atoms with E-state index in [9.17, 15) is 5.11 Å². The molecule has 0 bridgehead atoms. The van der Waals surface area contributed by atoms with Crippen molar-refractivity contribution in [3.8, 4) is 0 Å². The Balaban J connectivity index is 2.06. The van der Waals surface area contributed by atoms with Crippen molar-refractivity contribution in [1.29, 1.82) is 0 Å². The lowest BCUT2D eigenvalue weighted by atomic mass is 9.92. The largest absolute Gasteiger partial charge is 0.404 e. The van der Waals surface area contributed by atoms with Gasteiger partial charge in [-0.05, 0) is 54.7 Å². The summed E-state index contributed by atoms with van der Waals surface area (Å²) in [7, 11) is 1.74. The summed E-state index contributed by atoms with van der Waals surface area (Å²) in [6, 6.07) is 14.6. The predicted octanol–water partition coefficient (Wildman–Crippen LogP) is 3.02. The summed E-state index contributed by atoms with van der Waals surface area (Å²) < 4.78 is 0. The van der Waals surface area contributed by atoms with Gasteiger partial charge in [-0.1, -0.05) is 24.3 Å². The van der Waals surface area contributed by atoms with Crippen LogP contribution in [0.2, 0.25) is 0 Å². The molecule has 0 saturated carbocycles. The van der Waals surface area contributed by atoms with Gasteiger partial charge in [0, 0.05) is 55.1 Å². The first-order valence-corrected chi connectivity index (χ1v) is 10.2. The minimum Gasteiger partial charge on any atom is -0.404 e. The molecule has 0 saturated heterocycles. The van der Waals surface area contributed by atoms with E-state index in [0.29, 0.717) is 6.42 Å². The first kappa shape index (κ1) is 21.5. The average molecular weight is 406 g/mol. The number of rotatable bonds is 6. The highest BCUT2D eigenvalue weighted by Crippen LogP contribution is 2.34. The molecule has 1 atom stereocenters. The Bertz CT molecular complexity index is 973. The SMILES string of the molecule is CN=CC(=CN)c1ccc2c(c1)C(Nc1cccc(CCO)c1)CCN/C2=C(/C)N. The summed E-state index contributed by atoms with van der Waals surface area (Å²) >= 11 is 0. The smallest absolute Gasteiger partial charge is 0.0605 e. The average Bonchev–Trinajstić information content (AvgIpc) is 2.92. The summed E-state index contributed by atoms with van der Waals surface area (Å²) in [6.45, 7) is 2.86. The van der Waals surface area contributed by atoms with Gasteiger partial charge in [-0.15, -0.1) is 0 Å². The van der Waals surface area contributed by atoms with Gasteiger partial charge in [0.25, 0.3) is 0 Å². The molecule has 0 fully saturated rings. The highest BCUT2D eigenvalue weighted by molar-refractivity contribution is 6.09. The van der Waals surface area contributed by atoms with Crippen molar-refractivity contribution in [1.82, 2.24) is 5.32 Å². The summed E-state index contributed by atoms with van der Waals surface area (Å²) in [5.41, 5.74) is 20.0. The first-order valence-electron chi connectivity index (χ1n) is 10.2. The van der Waals surface area contributed by atoms with E-state index in [1.54, 1.807) is 19.5 Å². The molecule has 0 aromatic heterocycles. The van der Waals surface area contributed by atoms with Crippen molar-refractivity contribution < 1.29 is 5.11 Å². The number of hydrogen-bond acceptors (Lipinski definition) is 6. The van der Waals surface area contributed by atoms with Crippen LogP contribution in [0.15, 0.2) is 59.4 Å². The Morgan fingerprint density at radius 2 is 2.13 bits per heavy atom. The van der Waals surface area contributed by atoms with Gasteiger partial charge in [-0.3, -0.25) is 4.99 Å². The Kier molecular flexibility index (Phi) is 7.14. The number of anilines is 1. The topological polar surface area (TPSA) is 109 Å². The molecule has 1 aliphatic rings. The fraction of sp³-hybridized carbons (Fsp3) is 0.292. The molecule has 1 heterocycles. The van der Waals surface area contributed by atoms with Crippen LogP contribution in [0.4, 0.5) is 5.69 Å². The Morgan fingerprint density at radius 3 is 2.83 bits per heavy atom. The fourth-order valence-electron chi connectivity index (χ4n) is 3.85. The van der Waals surface area contributed by atoms with E-state index in [0.717, 1.165) is 57.9 Å². The number of allylic oxidation sites excluding steroid dienone is 2. The quantitative estimate of drug-likeness (QED) is 0.475. The summed E-state index contributed by atoms with van der Waals surface area (Å²) in [6.07, 6.45) is 4.88. The van der Waals surface area contributed by atoms with E-state index >= 15 is 0 Å². The minimum atomic E-state index is 0.0891. The van der Waals surface area contributed by atoms with Crippen LogP contribution in [-0.2, 0) is 6.42 Å². The predicted molar refractivity (Wildman–Crippen MR) is 126 cm³/mol. The summed E-state index contributed by atoms with van der Waals surface area (Å²) in [5, 5.41) is 16.4. The lowest BCUT2D eigenvalue weighted by Gasteiger charge is -2.22. The van der Waals surface area contributed by atoms with Gasteiger partial charge in [0.15, 0.2) is 0 Å². The van der Waals surface area contributed by atoms with E-state index in [-0.39, 0.29) is 12.6 Å². The Labute approximate surface area is 178 Å². The molecule has 1 unspecified atom stereocenters. The van der Waals surface area contributed by atoms with Gasteiger partial charge < -0.3 is 27.2 Å². The maximum Gasteiger partial charge on any atom is 0.0605 e. The monoisotopic (exact) mass is 405 g/mol. The molecule has 0 radical (unpaired) electrons. The lowest BCUT2D eigenvalue weighted by molar-refractivity contribution is 0.299. The van der Waals surface area contributed by atoms with Crippen LogP contribution >= 0.6 is 0 Å². The van der Waals surface area contributed by atoms with Crippen LogP contribution in [-0.4, -0.2) is 31.5 Å². The molecule has 6 nitrogen and oxygen atoms in total. The minimum absolute atomic E-state index is 0.0891. The molecule has 0 amide bonds. The van der Waals surface area contributed by atoms with Gasteiger partial charge in [0.2, 0.25) is 0 Å². The van der Waals surface area contributed by atoms with Crippen molar-refractivity contribution in [3.05, 3.63) is 76.6 Å². The maximum absolute atomic E-state index is 9.26. The number of aliphatic hydroxyl groups excluding tert-OH is 1. The second kappa shape index (κ2) is 9.98. The van der Waals surface area contributed by atoms with Gasteiger partial charge in [0.05, 0.1) is 11.7 Å². The molecule has 158 valence electrons. The molecule has 30 heavy (non-hydrogen) atoms. The second-order valence-corrected chi connectivity index (χ2v) is 7.46. The molecular weight excluding hydrogens is 374 g/mol. The van der Waals surface area contributed by atoms with E-state index in [1.807, 2.05) is 25.1 Å². The van der Waals surface area contributed by atoms with E-state index < -0.39 is 0 Å². The Morgan fingerprint density at radius 1 is 1.30 bits per heavy atom. The fourth-order valence-corrected chi connectivity index (χ4v) is 3.85. The number of benzene rings is 2. The molecule has 6 heteroatoms. The van der Waals surface area contributed by atoms with Crippen LogP contribution < -0.4 is 22.1 Å². The van der Waals surface area contributed by atoms with Crippen LogP contribution in [0.25, 0.3) is 11.3 Å². The van der Waals surface area contributed by atoms with Crippen LogP contribution in [0, 0.1) is 0 Å². The van der Waals surface area contributed by atoms with Gasteiger partial charge in [-0.25, -0.2) is 0 Å². The van der Waals surface area contributed by atoms with Crippen molar-refractivity contribution in [2.75, 3.05) is 25.5 Å². The van der Waals surface area contributed by atoms with Crippen molar-refractivity contribution in [2.24, 2.45) is 16.5 Å². The standard InChI is InChI=1S/C24H31N5O/c1-16(26)24-21-7-6-18(19(14-25)15-27-2)13-22(21)23(8-10-28-24)29-20-5-3-4-17(12-20)9-11-30/h3-7,12-15,23,28-30H,8-11,25-26H2,1-2H3/b19-14?,24-16-,27-15?. The zero-order chi connectivity index (χ0) is 21.5. The van der Waals surface area contributed by atoms with Gasteiger partial charge in [-0.2, -0.15) is 0 Å². The van der Waals surface area contributed by atoms with E-state index in [1.165, 1.54) is 0 Å². The Hall–Kier alpha value is -3.25. The normalized spacial score (nSPS) is 18.5. The van der Waals surface area contributed by atoms with Crippen molar-refractivity contribution in [3.63, 3.8) is 0 Å². The zero-order valence-corrected chi connectivity index (χ0v) is 17.7. The molecule has 0 spiro atoms. The van der Waals surface area contributed by atoms with E-state index in [4.69, 9.17) is 11.5 Å². The molecule has 2 aromatic carbocycles. The maximum atomic E-state index is 9.26. The number of hydrogen-bond donors (Lipinski definition) is 5. The molecule has 3 rings (SSSR count). The van der Waals surface area contributed by atoms with E-state index in [2.05, 4.69) is 39.9 Å². The molecule has 7 N–H and O–H groups in total. The third-order valence-corrected chi connectivity index (χ3v) is 5.27. The van der Waals surface area contributed by atoms with Crippen molar-refractivity contribution >= 4 is 23.2 Å². The highest BCUT2D eigenvalue weighted by atomic mass is 16.2. The molecule has 2 aromatic rings. The number of aliphatic imine (C=N–C) groups is 1. The van der Waals surface area contributed by atoms with Gasteiger partial charge >= 0.3 is 0 Å². The number of fused-ring (bicyclic) bond motifs is 1. The summed E-state index contributed by atoms with van der Waals surface area (Å²) in [4.78, 5) is 4.12. The lowest BCUT2D eigenvalue weighted by Crippen LogP contribution is -2.16. The van der Waals surface area contributed by atoms with Crippen LogP contribution in [0.5, 0.6) is 0 Å². The number of nitrogens with two attached hydrogens (primary N) is 2. The van der Waals surface area contributed by atoms with Crippen molar-refractivity contribution in [2.45, 2.75) is 25.8 Å². The highest BCUT2D eigenvalue weighted by Gasteiger charge is 2.23. The third-order valence-electron chi connectivity index (χ3n) is 5.27. The van der Waals surface area contributed by atoms with Crippen LogP contribution in [0.1, 0.15) is 41.6 Å². The van der Waals surface area contributed by atoms with Crippen LogP contribution in [0.3, 0.4) is 0 Å². The molecule has 0 aliphatic carbocycles. The first-order chi connectivity index (χ1) is 14.6. The number of aliphatic hydroxyl groups is 1. The number of nitrogens with zero attached hydrogens (tertiary/aromatic N) is 1. The molecule has 1 aliphatic heterocycles. The third kappa shape index (κ3) is 4.83. The summed E-state index contributed by atoms with van der Waals surface area (Å²) in [5.74, 6) is 0. The second-order valence-electron chi connectivity index (χ2n) is 7.46.